The average molecular weight is 434 g/mol. The largest absolute Gasteiger partial charge is 0.350 e. The van der Waals surface area contributed by atoms with Crippen molar-refractivity contribution in [1.29, 1.82) is 0 Å². The van der Waals surface area contributed by atoms with Crippen molar-refractivity contribution in [2.75, 3.05) is 6.54 Å². The number of nitrogens with one attached hydrogen (secondary N) is 2. The van der Waals surface area contributed by atoms with E-state index in [0.717, 1.165) is 9.37 Å². The van der Waals surface area contributed by atoms with Crippen molar-refractivity contribution in [3.05, 3.63) is 69.9 Å². The van der Waals surface area contributed by atoms with Gasteiger partial charge in [-0.2, -0.15) is 0 Å². The zero-order valence-corrected chi connectivity index (χ0v) is 16.0. The Morgan fingerprint density at radius 2 is 1.93 bits per heavy atom. The number of hydrogen-bond acceptors (Lipinski definition) is 3. The lowest BCUT2D eigenvalue weighted by Crippen LogP contribution is -2.43. The van der Waals surface area contributed by atoms with Crippen LogP contribution in [-0.4, -0.2) is 29.3 Å². The molecule has 0 saturated carbocycles. The van der Waals surface area contributed by atoms with Gasteiger partial charge >= 0.3 is 6.03 Å². The maximum Gasteiger partial charge on any atom is 0.325 e. The summed E-state index contributed by atoms with van der Waals surface area (Å²) in [5.74, 6) is -1.35. The fraction of sp³-hybridized carbons (Fsp3) is 0.211. The smallest absolute Gasteiger partial charge is 0.325 e. The first-order valence-electron chi connectivity index (χ1n) is 8.21. The van der Waals surface area contributed by atoms with Gasteiger partial charge in [-0.05, 0) is 42.3 Å². The van der Waals surface area contributed by atoms with E-state index in [1.54, 1.807) is 37.3 Å². The molecule has 4 amide bonds. The van der Waals surface area contributed by atoms with E-state index < -0.39 is 29.9 Å². The van der Waals surface area contributed by atoms with E-state index in [0.29, 0.717) is 11.1 Å². The van der Waals surface area contributed by atoms with E-state index in [2.05, 4.69) is 26.6 Å². The summed E-state index contributed by atoms with van der Waals surface area (Å²) >= 11 is 3.35. The standard InChI is InChI=1S/C19H17BrFN3O3/c1-19(13-3-2-4-14(20)9-13)17(26)24(18(27)23-19)11-16(25)22-10-12-5-7-15(21)8-6-12/h2-9H,10-11H2,1H3,(H,22,25)(H,23,27). The topological polar surface area (TPSA) is 78.5 Å². The average Bonchev–Trinajstić information content (AvgIpc) is 2.85. The Balaban J connectivity index is 1.66. The van der Waals surface area contributed by atoms with Crippen LogP contribution in [0.3, 0.4) is 0 Å². The van der Waals surface area contributed by atoms with E-state index in [4.69, 9.17) is 0 Å². The van der Waals surface area contributed by atoms with E-state index >= 15 is 0 Å². The van der Waals surface area contributed by atoms with Crippen LogP contribution in [0.2, 0.25) is 0 Å². The fourth-order valence-electron chi connectivity index (χ4n) is 2.84. The molecule has 0 radical (unpaired) electrons. The monoisotopic (exact) mass is 433 g/mol. The number of carbonyl (C=O) groups is 3. The van der Waals surface area contributed by atoms with Gasteiger partial charge in [-0.3, -0.25) is 14.5 Å². The lowest BCUT2D eigenvalue weighted by molar-refractivity contribution is -0.134. The number of carbonyl (C=O) groups excluding carboxylic acids is 3. The maximum atomic E-state index is 12.9. The predicted molar refractivity (Wildman–Crippen MR) is 100.0 cm³/mol. The molecule has 1 heterocycles. The minimum Gasteiger partial charge on any atom is -0.350 e. The third-order valence-corrected chi connectivity index (χ3v) is 4.87. The molecule has 1 atom stereocenters. The molecular weight excluding hydrogens is 417 g/mol. The molecule has 8 heteroatoms. The highest BCUT2D eigenvalue weighted by atomic mass is 79.9. The highest BCUT2D eigenvalue weighted by Crippen LogP contribution is 2.30. The van der Waals surface area contributed by atoms with Crippen LogP contribution in [0.1, 0.15) is 18.1 Å². The van der Waals surface area contributed by atoms with Crippen LogP contribution >= 0.6 is 15.9 Å². The number of imide groups is 1. The van der Waals surface area contributed by atoms with Crippen LogP contribution in [0.4, 0.5) is 9.18 Å². The second-order valence-corrected chi connectivity index (χ2v) is 7.28. The SMILES string of the molecule is CC1(c2cccc(Br)c2)NC(=O)N(CC(=O)NCc2ccc(F)cc2)C1=O. The molecule has 1 aliphatic heterocycles. The highest BCUT2D eigenvalue weighted by molar-refractivity contribution is 9.10. The van der Waals surface area contributed by atoms with Crippen molar-refractivity contribution in [2.45, 2.75) is 19.0 Å². The second kappa shape index (κ2) is 7.48. The number of urea groups is 1. The van der Waals surface area contributed by atoms with Crippen LogP contribution in [0.5, 0.6) is 0 Å². The van der Waals surface area contributed by atoms with E-state index in [9.17, 15) is 18.8 Å². The molecule has 3 rings (SSSR count). The quantitative estimate of drug-likeness (QED) is 0.711. The minimum atomic E-state index is -1.24. The lowest BCUT2D eigenvalue weighted by atomic mass is 9.92. The van der Waals surface area contributed by atoms with Gasteiger partial charge in [-0.15, -0.1) is 0 Å². The van der Waals surface area contributed by atoms with Crippen LogP contribution in [0.15, 0.2) is 53.0 Å². The molecule has 0 spiro atoms. The molecular formula is C19H17BrFN3O3. The number of nitrogens with zero attached hydrogens (tertiary/aromatic N) is 1. The Bertz CT molecular complexity index is 903. The van der Waals surface area contributed by atoms with Gasteiger partial charge in [0.05, 0.1) is 0 Å². The van der Waals surface area contributed by atoms with Gasteiger partial charge in [-0.1, -0.05) is 40.2 Å². The molecule has 0 aliphatic carbocycles. The molecule has 1 saturated heterocycles. The number of amides is 4. The Labute approximate surface area is 163 Å². The molecule has 2 aromatic rings. The molecule has 140 valence electrons. The number of benzene rings is 2. The second-order valence-electron chi connectivity index (χ2n) is 6.36. The molecule has 2 aromatic carbocycles. The van der Waals surface area contributed by atoms with Crippen molar-refractivity contribution >= 4 is 33.8 Å². The third-order valence-electron chi connectivity index (χ3n) is 4.38. The van der Waals surface area contributed by atoms with Gasteiger partial charge in [0.15, 0.2) is 0 Å². The fourth-order valence-corrected chi connectivity index (χ4v) is 3.24. The first-order chi connectivity index (χ1) is 12.8. The van der Waals surface area contributed by atoms with Crippen molar-refractivity contribution < 1.29 is 18.8 Å². The Morgan fingerprint density at radius 1 is 1.22 bits per heavy atom. The Hall–Kier alpha value is -2.74. The van der Waals surface area contributed by atoms with Crippen molar-refractivity contribution in [2.24, 2.45) is 0 Å². The zero-order valence-electron chi connectivity index (χ0n) is 14.5. The molecule has 0 aromatic heterocycles. The number of halogens is 2. The van der Waals surface area contributed by atoms with Gasteiger partial charge in [0.1, 0.15) is 17.9 Å². The van der Waals surface area contributed by atoms with E-state index in [-0.39, 0.29) is 12.4 Å². The zero-order chi connectivity index (χ0) is 19.6. The summed E-state index contributed by atoms with van der Waals surface area (Å²) in [4.78, 5) is 38.1. The first-order valence-corrected chi connectivity index (χ1v) is 9.00. The molecule has 1 aliphatic rings. The first kappa shape index (κ1) is 19.0. The van der Waals surface area contributed by atoms with Crippen molar-refractivity contribution in [3.8, 4) is 0 Å². The van der Waals surface area contributed by atoms with Crippen LogP contribution in [0, 0.1) is 5.82 Å². The van der Waals surface area contributed by atoms with Gasteiger partial charge in [0, 0.05) is 11.0 Å². The Kier molecular flexibility index (Phi) is 5.27. The summed E-state index contributed by atoms with van der Waals surface area (Å²) in [6.07, 6.45) is 0. The van der Waals surface area contributed by atoms with Gasteiger partial charge in [0.2, 0.25) is 5.91 Å². The third kappa shape index (κ3) is 4.00. The summed E-state index contributed by atoms with van der Waals surface area (Å²) in [7, 11) is 0. The van der Waals surface area contributed by atoms with Gasteiger partial charge < -0.3 is 10.6 Å². The molecule has 0 bridgehead atoms. The van der Waals surface area contributed by atoms with Gasteiger partial charge in [-0.25, -0.2) is 9.18 Å². The summed E-state index contributed by atoms with van der Waals surface area (Å²) in [5, 5.41) is 5.27. The van der Waals surface area contributed by atoms with Crippen molar-refractivity contribution in [1.82, 2.24) is 15.5 Å². The summed E-state index contributed by atoms with van der Waals surface area (Å²) in [6.45, 7) is 1.38. The highest BCUT2D eigenvalue weighted by Gasteiger charge is 2.49. The molecule has 27 heavy (non-hydrogen) atoms. The summed E-state index contributed by atoms with van der Waals surface area (Å²) in [5.41, 5.74) is 0.0864. The van der Waals surface area contributed by atoms with Crippen molar-refractivity contribution in [3.63, 3.8) is 0 Å². The summed E-state index contributed by atoms with van der Waals surface area (Å²) < 4.78 is 13.7. The number of rotatable bonds is 5. The predicted octanol–water partition coefficient (Wildman–Crippen LogP) is 2.67. The van der Waals surface area contributed by atoms with Gasteiger partial charge in [0.25, 0.3) is 5.91 Å². The minimum absolute atomic E-state index is 0.172. The molecule has 1 unspecified atom stereocenters. The Morgan fingerprint density at radius 3 is 2.59 bits per heavy atom. The lowest BCUT2D eigenvalue weighted by Gasteiger charge is -2.22. The maximum absolute atomic E-state index is 12.9. The van der Waals surface area contributed by atoms with Crippen LogP contribution < -0.4 is 10.6 Å². The van der Waals surface area contributed by atoms with E-state index in [1.165, 1.54) is 12.1 Å². The molecule has 2 N–H and O–H groups in total. The number of hydrogen-bond donors (Lipinski definition) is 2. The normalized spacial score (nSPS) is 19.1. The van der Waals surface area contributed by atoms with Crippen LogP contribution in [-0.2, 0) is 21.7 Å². The van der Waals surface area contributed by atoms with Crippen LogP contribution in [0.25, 0.3) is 0 Å². The molecule has 1 fully saturated rings. The summed E-state index contributed by atoms with van der Waals surface area (Å²) in [6, 6.07) is 12.1. The molecule has 6 nitrogen and oxygen atoms in total. The van der Waals surface area contributed by atoms with E-state index in [1.807, 2.05) is 6.07 Å².